The largest absolute Gasteiger partial charge is 0.462 e. The van der Waals surface area contributed by atoms with Gasteiger partial charge in [0.15, 0.2) is 16.6 Å². The van der Waals surface area contributed by atoms with Crippen LogP contribution in [-0.4, -0.2) is 146 Å². The highest BCUT2D eigenvalue weighted by Crippen LogP contribution is 2.46. The van der Waals surface area contributed by atoms with Crippen LogP contribution in [-0.2, 0) is 60.5 Å². The van der Waals surface area contributed by atoms with Gasteiger partial charge in [0.1, 0.15) is 39.6 Å². The van der Waals surface area contributed by atoms with Gasteiger partial charge < -0.3 is 62.1 Å². The van der Waals surface area contributed by atoms with Crippen molar-refractivity contribution >= 4 is 61.4 Å². The summed E-state index contributed by atoms with van der Waals surface area (Å²) in [5.41, 5.74) is 0.0597. The molecular weight excluding hydrogens is 995 g/mol. The Morgan fingerprint density at radius 2 is 1.01 bits per heavy atom. The van der Waals surface area contributed by atoms with E-state index in [4.69, 9.17) is 46.1 Å². The number of rotatable bonds is 33. The van der Waals surface area contributed by atoms with Gasteiger partial charge in [0.2, 0.25) is 0 Å². The average Bonchev–Trinajstić information content (AvgIpc) is 3.25. The second-order valence-electron chi connectivity index (χ2n) is 23.0. The Labute approximate surface area is 439 Å². The molecule has 73 heavy (non-hydrogen) atoms. The lowest BCUT2D eigenvalue weighted by atomic mass is 9.62. The quantitative estimate of drug-likeness (QED) is 0.0183. The molecule has 0 heterocycles. The van der Waals surface area contributed by atoms with Crippen molar-refractivity contribution in [1.82, 2.24) is 16.0 Å². The van der Waals surface area contributed by atoms with E-state index in [1.165, 1.54) is 0 Å². The Morgan fingerprint density at radius 3 is 1.53 bits per heavy atom. The van der Waals surface area contributed by atoms with Crippen LogP contribution < -0.4 is 16.0 Å². The van der Waals surface area contributed by atoms with Crippen LogP contribution in [0.2, 0.25) is 51.4 Å². The SMILES string of the molecule is C=C(C)C(=O)OCCOC(=O)CCC1(C)CCCC(NC(=O)OCCOCCC[Si](C)(C)O[Si](C)(C)O[Si](C)(C)CCCOCCOC(=O)NC2CC(C)(C)CC(C)(CNC(=O)OCCOC(=O)C(=C)C)C2)C1. The van der Waals surface area contributed by atoms with E-state index in [9.17, 15) is 28.8 Å². The minimum Gasteiger partial charge on any atom is -0.462 e. The van der Waals surface area contributed by atoms with Crippen LogP contribution in [0.4, 0.5) is 14.4 Å². The summed E-state index contributed by atoms with van der Waals surface area (Å²) in [7, 11) is -6.57. The van der Waals surface area contributed by atoms with Gasteiger partial charge in [0, 0.05) is 49.4 Å². The number of ether oxygens (including phenoxy) is 8. The molecule has 0 aliphatic heterocycles. The number of carbonyl (C=O) groups is 6. The second kappa shape index (κ2) is 31.3. The third kappa shape index (κ3) is 29.8. The first kappa shape index (κ1) is 65.3. The molecule has 4 atom stereocenters. The van der Waals surface area contributed by atoms with Crippen molar-refractivity contribution < 1.29 is 74.9 Å². The lowest BCUT2D eigenvalue weighted by Gasteiger charge is -2.46. The van der Waals surface area contributed by atoms with Crippen LogP contribution in [0.15, 0.2) is 24.3 Å². The van der Waals surface area contributed by atoms with Crippen molar-refractivity contribution in [3.8, 4) is 0 Å². The standard InChI is InChI=1S/C51H93N3O16Si3/c1-39(2)44(56)64-29-28-63-43(55)19-21-50(7)20-15-18-41(35-50)53-47(59)67-26-24-61-22-16-32-71(9,10)69-73(13,14)70-72(11,12)33-17-23-62-25-27-68-48(60)54-42-34-49(5,6)37-51(8,36-42)38-52-46(58)66-31-30-65-45(57)40(3)4/h41-42H,1,3,15-38H2,2,4-14H3,(H,52,58)(H,53,59)(H,54,60). The Morgan fingerprint density at radius 1 is 0.562 bits per heavy atom. The highest BCUT2D eigenvalue weighted by atomic mass is 28.5. The predicted molar refractivity (Wildman–Crippen MR) is 285 cm³/mol. The van der Waals surface area contributed by atoms with Crippen molar-refractivity contribution in [2.24, 2.45) is 16.2 Å². The molecule has 420 valence electrons. The van der Waals surface area contributed by atoms with Gasteiger partial charge in [-0.05, 0) is 139 Å². The second-order valence-corrected chi connectivity index (χ2v) is 35.5. The van der Waals surface area contributed by atoms with Crippen LogP contribution >= 0.6 is 0 Å². The predicted octanol–water partition coefficient (Wildman–Crippen LogP) is 9.22. The zero-order valence-electron chi connectivity index (χ0n) is 46.6. The molecule has 2 fully saturated rings. The summed E-state index contributed by atoms with van der Waals surface area (Å²) < 4.78 is 56.3. The molecular formula is C51H93N3O16Si3. The lowest BCUT2D eigenvalue weighted by Crippen LogP contribution is -2.52. The third-order valence-corrected chi connectivity index (χ3v) is 24.1. The molecule has 3 N–H and O–H groups in total. The van der Waals surface area contributed by atoms with Crippen LogP contribution in [0, 0.1) is 16.2 Å². The van der Waals surface area contributed by atoms with E-state index in [1.54, 1.807) is 13.8 Å². The molecule has 19 nitrogen and oxygen atoms in total. The fourth-order valence-corrected chi connectivity index (χ4v) is 24.1. The van der Waals surface area contributed by atoms with Crippen molar-refractivity contribution in [3.63, 3.8) is 0 Å². The number of hydrogen-bond acceptors (Lipinski definition) is 16. The number of amides is 3. The Balaban J connectivity index is 1.57. The van der Waals surface area contributed by atoms with Gasteiger partial charge >= 0.3 is 44.7 Å². The van der Waals surface area contributed by atoms with E-state index >= 15 is 0 Å². The van der Waals surface area contributed by atoms with Crippen LogP contribution in [0.5, 0.6) is 0 Å². The maximum Gasteiger partial charge on any atom is 0.407 e. The summed E-state index contributed by atoms with van der Waals surface area (Å²) in [6, 6.07) is 1.62. The Hall–Kier alpha value is -3.81. The molecule has 0 aromatic heterocycles. The van der Waals surface area contributed by atoms with Gasteiger partial charge in [-0.15, -0.1) is 0 Å². The highest BCUT2D eigenvalue weighted by Gasteiger charge is 2.43. The van der Waals surface area contributed by atoms with Gasteiger partial charge in [0.25, 0.3) is 0 Å². The van der Waals surface area contributed by atoms with E-state index in [0.717, 1.165) is 63.5 Å². The van der Waals surface area contributed by atoms with Crippen LogP contribution in [0.25, 0.3) is 0 Å². The van der Waals surface area contributed by atoms with Crippen molar-refractivity contribution in [2.75, 3.05) is 72.6 Å². The minimum atomic E-state index is -2.44. The molecule has 22 heteroatoms. The lowest BCUT2D eigenvalue weighted by molar-refractivity contribution is -0.150. The van der Waals surface area contributed by atoms with E-state index in [0.29, 0.717) is 39.2 Å². The van der Waals surface area contributed by atoms with Crippen molar-refractivity contribution in [1.29, 1.82) is 0 Å². The average molecular weight is 1090 g/mol. The molecule has 0 radical (unpaired) electrons. The molecule has 2 saturated carbocycles. The fraction of sp³-hybridized carbons (Fsp3) is 0.804. The van der Waals surface area contributed by atoms with Gasteiger partial charge in [-0.2, -0.15) is 0 Å². The number of carbonyl (C=O) groups excluding carboxylic acids is 6. The monoisotopic (exact) mass is 1090 g/mol. The first-order valence-electron chi connectivity index (χ1n) is 26.1. The number of alkyl carbamates (subject to hydrolysis) is 3. The topological polar surface area (TPSA) is 231 Å². The summed E-state index contributed by atoms with van der Waals surface area (Å²) >= 11 is 0. The van der Waals surface area contributed by atoms with Crippen LogP contribution in [0.3, 0.4) is 0 Å². The number of hydrogen-bond donors (Lipinski definition) is 3. The van der Waals surface area contributed by atoms with Gasteiger partial charge in [-0.1, -0.05) is 47.3 Å². The highest BCUT2D eigenvalue weighted by molar-refractivity contribution is 6.87. The van der Waals surface area contributed by atoms with Crippen molar-refractivity contribution in [2.45, 2.75) is 176 Å². The molecule has 0 aromatic carbocycles. The normalized spacial score (nSPS) is 20.9. The molecule has 3 amide bonds. The summed E-state index contributed by atoms with van der Waals surface area (Å²) in [6.45, 7) is 33.8. The molecule has 2 rings (SSSR count). The van der Waals surface area contributed by atoms with Crippen molar-refractivity contribution in [3.05, 3.63) is 24.3 Å². The zero-order chi connectivity index (χ0) is 54.9. The summed E-state index contributed by atoms with van der Waals surface area (Å²) in [4.78, 5) is 72.9. The minimum absolute atomic E-state index is 0.000792. The van der Waals surface area contributed by atoms with E-state index < -0.39 is 55.4 Å². The van der Waals surface area contributed by atoms with Crippen LogP contribution in [0.1, 0.15) is 112 Å². The first-order valence-corrected chi connectivity index (χ1v) is 35.1. The Bertz CT molecular complexity index is 1820. The Kier molecular flexibility index (Phi) is 28.0. The number of esters is 3. The molecule has 2 aliphatic carbocycles. The summed E-state index contributed by atoms with van der Waals surface area (Å²) in [6.07, 6.45) is 6.68. The van der Waals surface area contributed by atoms with E-state index in [1.807, 2.05) is 0 Å². The van der Waals surface area contributed by atoms with E-state index in [2.05, 4.69) is 96.1 Å². The molecule has 0 saturated heterocycles. The molecule has 0 aromatic rings. The summed E-state index contributed by atoms with van der Waals surface area (Å²) in [5, 5.41) is 8.83. The first-order chi connectivity index (χ1) is 33.9. The fourth-order valence-electron chi connectivity index (χ4n) is 10.1. The smallest absolute Gasteiger partial charge is 0.407 e. The maximum atomic E-state index is 12.8. The number of nitrogens with one attached hydrogen (secondary N) is 3. The zero-order valence-corrected chi connectivity index (χ0v) is 49.6. The molecule has 2 aliphatic rings. The molecule has 0 bridgehead atoms. The summed E-state index contributed by atoms with van der Waals surface area (Å²) in [5.74, 6) is -1.39. The third-order valence-electron chi connectivity index (χ3n) is 12.7. The molecule has 4 unspecified atom stereocenters. The van der Waals surface area contributed by atoms with Gasteiger partial charge in [-0.3, -0.25) is 4.79 Å². The van der Waals surface area contributed by atoms with E-state index in [-0.39, 0.29) is 98.1 Å². The molecule has 0 spiro atoms. The maximum absolute atomic E-state index is 12.8. The van der Waals surface area contributed by atoms with Gasteiger partial charge in [-0.25, -0.2) is 24.0 Å². The van der Waals surface area contributed by atoms with Gasteiger partial charge in [0.05, 0.1) is 13.2 Å².